The van der Waals surface area contributed by atoms with Gasteiger partial charge in [0.2, 0.25) is 0 Å². The van der Waals surface area contributed by atoms with Gasteiger partial charge in [-0.1, -0.05) is 41.9 Å². The lowest BCUT2D eigenvalue weighted by Crippen LogP contribution is -2.48. The van der Waals surface area contributed by atoms with E-state index in [1.54, 1.807) is 24.3 Å². The van der Waals surface area contributed by atoms with Crippen molar-refractivity contribution in [3.05, 3.63) is 68.5 Å². The summed E-state index contributed by atoms with van der Waals surface area (Å²) in [5.74, 6) is -0.835. The largest absolute Gasteiger partial charge is 0.298 e. The highest BCUT2D eigenvalue weighted by molar-refractivity contribution is 9.10. The normalized spacial score (nSPS) is 10.4. The summed E-state index contributed by atoms with van der Waals surface area (Å²) in [5.41, 5.74) is 5.37. The highest BCUT2D eigenvalue weighted by atomic mass is 79.9. The third-order valence-corrected chi connectivity index (χ3v) is 5.95. The second-order valence-electron chi connectivity index (χ2n) is 5.08. The third-order valence-electron chi connectivity index (χ3n) is 3.38. The van der Waals surface area contributed by atoms with Crippen LogP contribution in [0.1, 0.15) is 20.0 Å². The van der Waals surface area contributed by atoms with Crippen molar-refractivity contribution in [1.29, 1.82) is 0 Å². The number of halogens is 2. The minimum absolute atomic E-state index is 0.0312. The van der Waals surface area contributed by atoms with Gasteiger partial charge in [0.15, 0.2) is 5.11 Å². The molecule has 26 heavy (non-hydrogen) atoms. The lowest BCUT2D eigenvalue weighted by Gasteiger charge is -2.11. The molecule has 2 amide bonds. The molecule has 0 spiro atoms. The molecule has 0 aliphatic carbocycles. The smallest absolute Gasteiger partial charge is 0.281 e. The van der Waals surface area contributed by atoms with E-state index >= 15 is 0 Å². The van der Waals surface area contributed by atoms with E-state index in [0.717, 1.165) is 10.1 Å². The van der Waals surface area contributed by atoms with E-state index in [0.29, 0.717) is 19.9 Å². The van der Waals surface area contributed by atoms with E-state index in [2.05, 4.69) is 32.1 Å². The molecule has 3 aromatic rings. The molecular weight excluding hydrogens is 458 g/mol. The number of hydrazine groups is 1. The van der Waals surface area contributed by atoms with Crippen molar-refractivity contribution in [3.8, 4) is 0 Å². The molecule has 0 bridgehead atoms. The summed E-state index contributed by atoms with van der Waals surface area (Å²) in [4.78, 5) is 24.8. The summed E-state index contributed by atoms with van der Waals surface area (Å²) in [6.45, 7) is 0. The Balaban J connectivity index is 1.62. The topological polar surface area (TPSA) is 70.2 Å². The molecule has 132 valence electrons. The van der Waals surface area contributed by atoms with E-state index in [4.69, 9.17) is 23.8 Å². The molecule has 3 rings (SSSR count). The van der Waals surface area contributed by atoms with Crippen LogP contribution in [0.15, 0.2) is 53.0 Å². The minimum Gasteiger partial charge on any atom is -0.298 e. The number of fused-ring (bicyclic) bond motifs is 1. The Morgan fingerprint density at radius 1 is 1.00 bits per heavy atom. The van der Waals surface area contributed by atoms with E-state index in [-0.39, 0.29) is 5.11 Å². The van der Waals surface area contributed by atoms with Crippen LogP contribution in [0.25, 0.3) is 10.1 Å². The summed E-state index contributed by atoms with van der Waals surface area (Å²) in [6, 6.07) is 14.4. The van der Waals surface area contributed by atoms with Crippen molar-refractivity contribution in [2.45, 2.75) is 0 Å². The van der Waals surface area contributed by atoms with Crippen molar-refractivity contribution in [2.24, 2.45) is 0 Å². The van der Waals surface area contributed by atoms with Crippen LogP contribution in [0.2, 0.25) is 5.02 Å². The lowest BCUT2D eigenvalue weighted by atomic mass is 10.2. The zero-order chi connectivity index (χ0) is 18.7. The van der Waals surface area contributed by atoms with Crippen molar-refractivity contribution in [2.75, 3.05) is 0 Å². The van der Waals surface area contributed by atoms with Crippen molar-refractivity contribution in [3.63, 3.8) is 0 Å². The van der Waals surface area contributed by atoms with E-state index < -0.39 is 11.8 Å². The molecule has 0 aliphatic heterocycles. The highest BCUT2D eigenvalue weighted by Crippen LogP contribution is 2.34. The van der Waals surface area contributed by atoms with Gasteiger partial charge < -0.3 is 0 Å². The first kappa shape index (κ1) is 18.8. The van der Waals surface area contributed by atoms with Crippen LogP contribution >= 0.6 is 51.1 Å². The van der Waals surface area contributed by atoms with Crippen LogP contribution in [-0.4, -0.2) is 16.9 Å². The molecule has 0 saturated heterocycles. The average molecular weight is 469 g/mol. The van der Waals surface area contributed by atoms with Gasteiger partial charge in [0, 0.05) is 14.6 Å². The molecule has 9 heteroatoms. The molecule has 0 saturated carbocycles. The summed E-state index contributed by atoms with van der Waals surface area (Å²) in [5, 5.41) is 3.66. The first-order valence-corrected chi connectivity index (χ1v) is 9.70. The number of thiocarbonyl (C=S) groups is 1. The van der Waals surface area contributed by atoms with E-state index in [1.807, 2.05) is 24.3 Å². The number of rotatable bonds is 2. The van der Waals surface area contributed by atoms with Gasteiger partial charge in [-0.2, -0.15) is 0 Å². The van der Waals surface area contributed by atoms with Crippen molar-refractivity contribution in [1.82, 2.24) is 16.2 Å². The Morgan fingerprint density at radius 2 is 1.69 bits per heavy atom. The van der Waals surface area contributed by atoms with E-state index in [1.165, 1.54) is 11.3 Å². The number of nitrogens with one attached hydrogen (secondary N) is 3. The van der Waals surface area contributed by atoms with Crippen molar-refractivity contribution >= 4 is 78.1 Å². The van der Waals surface area contributed by atoms with Crippen molar-refractivity contribution < 1.29 is 9.59 Å². The molecule has 1 aromatic heterocycles. The van der Waals surface area contributed by atoms with Crippen LogP contribution < -0.4 is 16.2 Å². The first-order valence-electron chi connectivity index (χ1n) is 7.30. The summed E-state index contributed by atoms with van der Waals surface area (Å²) in [7, 11) is 0. The molecule has 0 aliphatic rings. The Kier molecular flexibility index (Phi) is 5.87. The van der Waals surface area contributed by atoms with Crippen LogP contribution in [0.5, 0.6) is 0 Å². The standard InChI is InChI=1S/C17H11BrClN3O2S2/c18-11-7-3-1-5-9(11)15(23)20-17(25)22-21-16(24)14-13(19)10-6-2-4-8-12(10)26-14/h1-8H,(H,21,24)(H2,20,22,23,25). The summed E-state index contributed by atoms with van der Waals surface area (Å²) in [6.07, 6.45) is 0. The maximum Gasteiger partial charge on any atom is 0.281 e. The predicted molar refractivity (Wildman–Crippen MR) is 112 cm³/mol. The van der Waals surface area contributed by atoms with Crippen LogP contribution in [0, 0.1) is 0 Å². The maximum absolute atomic E-state index is 12.3. The van der Waals surface area contributed by atoms with Crippen LogP contribution in [-0.2, 0) is 0 Å². The lowest BCUT2D eigenvalue weighted by molar-refractivity contribution is 0.0938. The zero-order valence-corrected chi connectivity index (χ0v) is 17.0. The minimum atomic E-state index is -0.436. The molecule has 2 aromatic carbocycles. The second-order valence-corrected chi connectivity index (χ2v) is 7.78. The predicted octanol–water partition coefficient (Wildman–Crippen LogP) is 4.27. The number of hydrogen-bond acceptors (Lipinski definition) is 4. The molecule has 0 fully saturated rings. The van der Waals surface area contributed by atoms with Gasteiger partial charge in [-0.25, -0.2) is 0 Å². The van der Waals surface area contributed by atoms with E-state index in [9.17, 15) is 9.59 Å². The summed E-state index contributed by atoms with van der Waals surface area (Å²) < 4.78 is 1.55. The fourth-order valence-electron chi connectivity index (χ4n) is 2.18. The van der Waals surface area contributed by atoms with Gasteiger partial charge in [-0.3, -0.25) is 25.8 Å². The molecule has 1 heterocycles. The molecular formula is C17H11BrClN3O2S2. The van der Waals surface area contributed by atoms with Gasteiger partial charge >= 0.3 is 0 Å². The van der Waals surface area contributed by atoms with Crippen LogP contribution in [0.3, 0.4) is 0 Å². The fraction of sp³-hybridized carbons (Fsp3) is 0. The summed E-state index contributed by atoms with van der Waals surface area (Å²) >= 11 is 15.9. The number of hydrogen-bond donors (Lipinski definition) is 3. The number of thiophene rings is 1. The zero-order valence-electron chi connectivity index (χ0n) is 13.0. The highest BCUT2D eigenvalue weighted by Gasteiger charge is 2.17. The second kappa shape index (κ2) is 8.13. The first-order chi connectivity index (χ1) is 12.5. The number of amides is 2. The Bertz CT molecular complexity index is 1020. The SMILES string of the molecule is O=C(NC(=S)NNC(=O)c1sc2ccccc2c1Cl)c1ccccc1Br. The van der Waals surface area contributed by atoms with Crippen LogP contribution in [0.4, 0.5) is 0 Å². The number of benzene rings is 2. The quantitative estimate of drug-likeness (QED) is 0.388. The molecule has 5 nitrogen and oxygen atoms in total. The van der Waals surface area contributed by atoms with Gasteiger partial charge in [-0.05, 0) is 46.3 Å². The molecule has 3 N–H and O–H groups in total. The number of carbonyl (C=O) groups is 2. The van der Waals surface area contributed by atoms with Gasteiger partial charge in [-0.15, -0.1) is 11.3 Å². The van der Waals surface area contributed by atoms with Gasteiger partial charge in [0.05, 0.1) is 10.6 Å². The average Bonchev–Trinajstić information content (AvgIpc) is 2.97. The Labute approximate surface area is 171 Å². The van der Waals surface area contributed by atoms with Gasteiger partial charge in [0.25, 0.3) is 11.8 Å². The number of carbonyl (C=O) groups excluding carboxylic acids is 2. The molecule has 0 radical (unpaired) electrons. The van der Waals surface area contributed by atoms with Gasteiger partial charge in [0.1, 0.15) is 4.88 Å². The maximum atomic E-state index is 12.3. The fourth-order valence-corrected chi connectivity index (χ4v) is 4.20. The monoisotopic (exact) mass is 467 g/mol. The molecule has 0 atom stereocenters. The Morgan fingerprint density at radius 3 is 2.42 bits per heavy atom. The Hall–Kier alpha value is -2.00. The third kappa shape index (κ3) is 4.04. The molecule has 0 unspecified atom stereocenters.